The number of piperazine rings is 1. The maximum absolute atomic E-state index is 3.83. The van der Waals surface area contributed by atoms with Crippen molar-refractivity contribution in [1.29, 1.82) is 0 Å². The predicted octanol–water partition coefficient (Wildman–Crippen LogP) is 4.00. The second-order valence-electron chi connectivity index (χ2n) is 6.90. The second-order valence-corrected chi connectivity index (χ2v) is 6.90. The lowest BCUT2D eigenvalue weighted by molar-refractivity contribution is 0.245. The molecule has 1 aliphatic heterocycles. The first-order chi connectivity index (χ1) is 10.3. The van der Waals surface area contributed by atoms with Gasteiger partial charge in [-0.25, -0.2) is 0 Å². The van der Waals surface area contributed by atoms with Crippen LogP contribution in [0, 0.1) is 5.92 Å². The number of anilines is 1. The highest BCUT2D eigenvalue weighted by Gasteiger charge is 2.31. The summed E-state index contributed by atoms with van der Waals surface area (Å²) in [7, 11) is 0. The highest BCUT2D eigenvalue weighted by atomic mass is 15.2. The van der Waals surface area contributed by atoms with Crippen LogP contribution in [-0.2, 0) is 6.42 Å². The number of nitrogens with one attached hydrogen (secondary N) is 1. The summed E-state index contributed by atoms with van der Waals surface area (Å²) >= 11 is 0. The number of para-hydroxylation sites is 1. The van der Waals surface area contributed by atoms with Crippen LogP contribution >= 0.6 is 0 Å². The third-order valence-corrected chi connectivity index (χ3v) is 5.50. The van der Waals surface area contributed by atoms with E-state index in [2.05, 4.69) is 48.3 Å². The highest BCUT2D eigenvalue weighted by Crippen LogP contribution is 2.31. The van der Waals surface area contributed by atoms with Crippen LogP contribution in [0.4, 0.5) is 5.69 Å². The average Bonchev–Trinajstić information content (AvgIpc) is 2.56. The molecule has 2 aliphatic rings. The molecule has 2 unspecified atom stereocenters. The van der Waals surface area contributed by atoms with Gasteiger partial charge in [-0.1, -0.05) is 44.4 Å². The van der Waals surface area contributed by atoms with Crippen molar-refractivity contribution in [3.05, 3.63) is 29.8 Å². The number of hydrogen-bond acceptors (Lipinski definition) is 2. The van der Waals surface area contributed by atoms with Gasteiger partial charge in [0.1, 0.15) is 0 Å². The zero-order chi connectivity index (χ0) is 14.7. The van der Waals surface area contributed by atoms with E-state index < -0.39 is 0 Å². The van der Waals surface area contributed by atoms with Crippen molar-refractivity contribution < 1.29 is 0 Å². The van der Waals surface area contributed by atoms with E-state index in [-0.39, 0.29) is 0 Å². The molecule has 2 heteroatoms. The highest BCUT2D eigenvalue weighted by molar-refractivity contribution is 5.55. The molecule has 0 bridgehead atoms. The van der Waals surface area contributed by atoms with E-state index in [0.717, 1.165) is 18.9 Å². The first kappa shape index (κ1) is 14.9. The van der Waals surface area contributed by atoms with Gasteiger partial charge >= 0.3 is 0 Å². The molecular formula is C19H30N2. The van der Waals surface area contributed by atoms with Crippen molar-refractivity contribution in [1.82, 2.24) is 5.32 Å². The molecule has 2 fully saturated rings. The Kier molecular flexibility index (Phi) is 4.84. The lowest BCUT2D eigenvalue weighted by Gasteiger charge is -2.44. The van der Waals surface area contributed by atoms with Gasteiger partial charge in [-0.15, -0.1) is 0 Å². The molecule has 1 aromatic rings. The third kappa shape index (κ3) is 3.26. The number of aryl methyl sites for hydroxylation is 1. The third-order valence-electron chi connectivity index (χ3n) is 5.50. The summed E-state index contributed by atoms with van der Waals surface area (Å²) in [6.07, 6.45) is 8.29. The van der Waals surface area contributed by atoms with Crippen molar-refractivity contribution in [2.75, 3.05) is 18.0 Å². The Hall–Kier alpha value is -1.02. The van der Waals surface area contributed by atoms with Crippen LogP contribution in [-0.4, -0.2) is 25.2 Å². The molecule has 1 saturated carbocycles. The number of hydrogen-bond donors (Lipinski definition) is 1. The summed E-state index contributed by atoms with van der Waals surface area (Å²) in [4.78, 5) is 2.66. The van der Waals surface area contributed by atoms with E-state index >= 15 is 0 Å². The van der Waals surface area contributed by atoms with Gasteiger partial charge in [0, 0.05) is 30.9 Å². The molecule has 1 saturated heterocycles. The summed E-state index contributed by atoms with van der Waals surface area (Å²) in [6.45, 7) is 6.93. The van der Waals surface area contributed by atoms with Crippen LogP contribution in [0.1, 0.15) is 51.5 Å². The van der Waals surface area contributed by atoms with Gasteiger partial charge < -0.3 is 10.2 Å². The summed E-state index contributed by atoms with van der Waals surface area (Å²) in [6, 6.07) is 10.3. The van der Waals surface area contributed by atoms with E-state index in [1.165, 1.54) is 49.9 Å². The smallest absolute Gasteiger partial charge is 0.0402 e. The van der Waals surface area contributed by atoms with Crippen molar-refractivity contribution in [2.24, 2.45) is 5.92 Å². The maximum atomic E-state index is 3.83. The van der Waals surface area contributed by atoms with Crippen molar-refractivity contribution in [2.45, 2.75) is 64.5 Å². The van der Waals surface area contributed by atoms with E-state index in [4.69, 9.17) is 0 Å². The van der Waals surface area contributed by atoms with Crippen LogP contribution < -0.4 is 10.2 Å². The molecular weight excluding hydrogens is 256 g/mol. The van der Waals surface area contributed by atoms with Gasteiger partial charge in [0.15, 0.2) is 0 Å². The van der Waals surface area contributed by atoms with Crippen molar-refractivity contribution in [3.63, 3.8) is 0 Å². The minimum atomic E-state index is 0.595. The SMILES string of the molecule is CCc1ccccc1N1CC(C2CCCCC2)NCC1C. The fourth-order valence-corrected chi connectivity index (χ4v) is 4.17. The van der Waals surface area contributed by atoms with E-state index in [9.17, 15) is 0 Å². The minimum absolute atomic E-state index is 0.595. The summed E-state index contributed by atoms with van der Waals surface area (Å²) in [5.74, 6) is 0.891. The lowest BCUT2D eigenvalue weighted by atomic mass is 9.82. The van der Waals surface area contributed by atoms with Gasteiger partial charge in [-0.3, -0.25) is 0 Å². The van der Waals surface area contributed by atoms with Gasteiger partial charge in [-0.2, -0.15) is 0 Å². The van der Waals surface area contributed by atoms with Gasteiger partial charge in [0.2, 0.25) is 0 Å². The Labute approximate surface area is 129 Å². The van der Waals surface area contributed by atoms with Gasteiger partial charge in [0.25, 0.3) is 0 Å². The standard InChI is InChI=1S/C19H30N2/c1-3-16-9-7-8-12-19(16)21-14-18(20-13-15(21)2)17-10-5-4-6-11-17/h7-9,12,15,17-18,20H,3-6,10-11,13-14H2,1-2H3. The Morgan fingerprint density at radius 1 is 1.14 bits per heavy atom. The topological polar surface area (TPSA) is 15.3 Å². The predicted molar refractivity (Wildman–Crippen MR) is 91.0 cm³/mol. The van der Waals surface area contributed by atoms with E-state index in [1.807, 2.05) is 0 Å². The number of benzene rings is 1. The average molecular weight is 286 g/mol. The summed E-state index contributed by atoms with van der Waals surface area (Å²) < 4.78 is 0. The first-order valence-electron chi connectivity index (χ1n) is 8.87. The summed E-state index contributed by atoms with van der Waals surface area (Å²) in [5, 5.41) is 3.83. The fourth-order valence-electron chi connectivity index (χ4n) is 4.17. The molecule has 1 aromatic carbocycles. The molecule has 2 atom stereocenters. The van der Waals surface area contributed by atoms with Crippen molar-refractivity contribution >= 4 is 5.69 Å². The van der Waals surface area contributed by atoms with Crippen LogP contribution in [0.5, 0.6) is 0 Å². The van der Waals surface area contributed by atoms with E-state index in [0.29, 0.717) is 12.1 Å². The molecule has 2 nitrogen and oxygen atoms in total. The monoisotopic (exact) mass is 286 g/mol. The normalized spacial score (nSPS) is 27.8. The molecule has 0 radical (unpaired) electrons. The lowest BCUT2D eigenvalue weighted by Crippen LogP contribution is -2.58. The van der Waals surface area contributed by atoms with E-state index in [1.54, 1.807) is 0 Å². The maximum Gasteiger partial charge on any atom is 0.0402 e. The van der Waals surface area contributed by atoms with Crippen LogP contribution in [0.15, 0.2) is 24.3 Å². The molecule has 0 aromatic heterocycles. The molecule has 0 amide bonds. The first-order valence-corrected chi connectivity index (χ1v) is 8.87. The van der Waals surface area contributed by atoms with Crippen LogP contribution in [0.2, 0.25) is 0 Å². The fraction of sp³-hybridized carbons (Fsp3) is 0.684. The second kappa shape index (κ2) is 6.83. The quantitative estimate of drug-likeness (QED) is 0.903. The molecule has 21 heavy (non-hydrogen) atoms. The number of rotatable bonds is 3. The largest absolute Gasteiger partial charge is 0.366 e. The van der Waals surface area contributed by atoms with Crippen LogP contribution in [0.25, 0.3) is 0 Å². The Morgan fingerprint density at radius 3 is 2.67 bits per heavy atom. The van der Waals surface area contributed by atoms with Crippen molar-refractivity contribution in [3.8, 4) is 0 Å². The zero-order valence-electron chi connectivity index (χ0n) is 13.6. The minimum Gasteiger partial charge on any atom is -0.366 e. The van der Waals surface area contributed by atoms with Crippen LogP contribution in [0.3, 0.4) is 0 Å². The van der Waals surface area contributed by atoms with Gasteiger partial charge in [-0.05, 0) is 43.7 Å². The summed E-state index contributed by atoms with van der Waals surface area (Å²) in [5.41, 5.74) is 2.96. The Bertz CT molecular complexity index is 451. The van der Waals surface area contributed by atoms with Gasteiger partial charge in [0.05, 0.1) is 0 Å². The Morgan fingerprint density at radius 2 is 1.90 bits per heavy atom. The Balaban J connectivity index is 1.76. The molecule has 3 rings (SSSR count). The molecule has 1 heterocycles. The molecule has 0 spiro atoms. The molecule has 1 aliphatic carbocycles. The molecule has 116 valence electrons. The molecule has 1 N–H and O–H groups in total. The zero-order valence-corrected chi connectivity index (χ0v) is 13.6. The number of nitrogens with zero attached hydrogens (tertiary/aromatic N) is 1.